The lowest BCUT2D eigenvalue weighted by Crippen LogP contribution is -2.53. The van der Waals surface area contributed by atoms with Gasteiger partial charge in [-0.05, 0) is 6.07 Å². The molecule has 17 heavy (non-hydrogen) atoms. The van der Waals surface area contributed by atoms with E-state index in [1.807, 2.05) is 24.3 Å². The summed E-state index contributed by atoms with van der Waals surface area (Å²) in [5, 5.41) is 6.36. The normalized spacial score (nSPS) is 24.6. The molecule has 94 valence electrons. The van der Waals surface area contributed by atoms with Gasteiger partial charge in [-0.2, -0.15) is 0 Å². The lowest BCUT2D eigenvalue weighted by Gasteiger charge is -2.28. The summed E-state index contributed by atoms with van der Waals surface area (Å²) in [6, 6.07) is 7.83. The lowest BCUT2D eigenvalue weighted by atomic mass is 10.2. The highest BCUT2D eigenvalue weighted by Gasteiger charge is 2.19. The van der Waals surface area contributed by atoms with Gasteiger partial charge < -0.3 is 14.8 Å². The highest BCUT2D eigenvalue weighted by molar-refractivity contribution is 6.20. The molecule has 1 heterocycles. The van der Waals surface area contributed by atoms with E-state index < -0.39 is 0 Å². The van der Waals surface area contributed by atoms with Gasteiger partial charge in [0.15, 0.2) is 0 Å². The number of rotatable bonds is 4. The highest BCUT2D eigenvalue weighted by Crippen LogP contribution is 2.18. The maximum atomic E-state index is 5.97. The first-order valence-electron chi connectivity index (χ1n) is 5.64. The molecule has 4 nitrogen and oxygen atoms in total. The van der Waals surface area contributed by atoms with E-state index in [-0.39, 0.29) is 11.7 Å². The minimum atomic E-state index is -0.0774. The Bertz CT molecular complexity index is 362. The van der Waals surface area contributed by atoms with Gasteiger partial charge in [0.1, 0.15) is 12.0 Å². The van der Waals surface area contributed by atoms with Crippen molar-refractivity contribution in [3.63, 3.8) is 0 Å². The largest absolute Gasteiger partial charge is 0.496 e. The molecular formula is C12H17ClN2O2. The molecule has 5 heteroatoms. The van der Waals surface area contributed by atoms with Crippen LogP contribution in [0.1, 0.15) is 5.56 Å². The molecular weight excluding hydrogens is 240 g/mol. The minimum Gasteiger partial charge on any atom is -0.496 e. The third kappa shape index (κ3) is 3.57. The highest BCUT2D eigenvalue weighted by atomic mass is 35.5. The van der Waals surface area contributed by atoms with Gasteiger partial charge in [-0.3, -0.25) is 5.32 Å². The van der Waals surface area contributed by atoms with E-state index in [1.165, 1.54) is 0 Å². The van der Waals surface area contributed by atoms with E-state index in [0.29, 0.717) is 6.61 Å². The van der Waals surface area contributed by atoms with Gasteiger partial charge in [-0.1, -0.05) is 18.2 Å². The molecule has 1 aromatic rings. The Kier molecular flexibility index (Phi) is 4.62. The van der Waals surface area contributed by atoms with Crippen molar-refractivity contribution in [1.29, 1.82) is 0 Å². The van der Waals surface area contributed by atoms with Gasteiger partial charge in [0.2, 0.25) is 0 Å². The summed E-state index contributed by atoms with van der Waals surface area (Å²) in [4.78, 5) is 0. The van der Waals surface area contributed by atoms with E-state index in [1.54, 1.807) is 7.11 Å². The molecule has 0 aliphatic carbocycles. The van der Waals surface area contributed by atoms with Gasteiger partial charge >= 0.3 is 0 Å². The number of alkyl halides is 1. The molecule has 2 unspecified atom stereocenters. The Labute approximate surface area is 106 Å². The predicted octanol–water partition coefficient (Wildman–Crippen LogP) is 1.30. The molecule has 0 saturated carbocycles. The summed E-state index contributed by atoms with van der Waals surface area (Å²) in [5.74, 6) is 0.846. The van der Waals surface area contributed by atoms with E-state index in [4.69, 9.17) is 21.1 Å². The number of piperazine rings is 1. The van der Waals surface area contributed by atoms with Crippen molar-refractivity contribution < 1.29 is 9.47 Å². The fourth-order valence-corrected chi connectivity index (χ4v) is 2.03. The lowest BCUT2D eigenvalue weighted by molar-refractivity contribution is 0.00523. The summed E-state index contributed by atoms with van der Waals surface area (Å²) in [7, 11) is 1.66. The molecule has 1 aliphatic rings. The molecule has 2 N–H and O–H groups in total. The van der Waals surface area contributed by atoms with Gasteiger partial charge in [0.05, 0.1) is 19.2 Å². The van der Waals surface area contributed by atoms with Crippen LogP contribution in [-0.4, -0.2) is 31.9 Å². The summed E-state index contributed by atoms with van der Waals surface area (Å²) < 4.78 is 11.0. The Balaban J connectivity index is 1.88. The number of benzene rings is 1. The van der Waals surface area contributed by atoms with Crippen LogP contribution in [0, 0.1) is 0 Å². The van der Waals surface area contributed by atoms with Crippen molar-refractivity contribution in [1.82, 2.24) is 10.6 Å². The smallest absolute Gasteiger partial charge is 0.124 e. The number of methoxy groups -OCH3 is 1. The van der Waals surface area contributed by atoms with Gasteiger partial charge in [-0.25, -0.2) is 0 Å². The molecule has 1 aromatic carbocycles. The van der Waals surface area contributed by atoms with Crippen molar-refractivity contribution >= 4 is 11.6 Å². The Morgan fingerprint density at radius 2 is 2.18 bits per heavy atom. The average molecular weight is 257 g/mol. The van der Waals surface area contributed by atoms with Crippen molar-refractivity contribution in [3.8, 4) is 5.75 Å². The topological polar surface area (TPSA) is 42.5 Å². The van der Waals surface area contributed by atoms with Crippen LogP contribution in [0.25, 0.3) is 0 Å². The van der Waals surface area contributed by atoms with Crippen molar-refractivity contribution in [2.45, 2.75) is 18.3 Å². The van der Waals surface area contributed by atoms with Crippen LogP contribution in [0.5, 0.6) is 5.75 Å². The van der Waals surface area contributed by atoms with Crippen LogP contribution < -0.4 is 15.4 Å². The molecule has 0 aromatic heterocycles. The van der Waals surface area contributed by atoms with Crippen LogP contribution >= 0.6 is 11.6 Å². The number of halogens is 1. The van der Waals surface area contributed by atoms with Crippen molar-refractivity contribution in [2.24, 2.45) is 0 Å². The maximum Gasteiger partial charge on any atom is 0.124 e. The second-order valence-electron chi connectivity index (χ2n) is 3.90. The molecule has 0 bridgehead atoms. The van der Waals surface area contributed by atoms with Crippen molar-refractivity contribution in [3.05, 3.63) is 29.8 Å². The Morgan fingerprint density at radius 1 is 1.35 bits per heavy atom. The minimum absolute atomic E-state index is 0.0591. The zero-order valence-electron chi connectivity index (χ0n) is 9.78. The van der Waals surface area contributed by atoms with Gasteiger partial charge in [0.25, 0.3) is 0 Å². The first-order chi connectivity index (χ1) is 8.29. The first-order valence-corrected chi connectivity index (χ1v) is 6.07. The second-order valence-corrected chi connectivity index (χ2v) is 4.43. The molecule has 2 atom stereocenters. The quantitative estimate of drug-likeness (QED) is 0.630. The fraction of sp³-hybridized carbons (Fsp3) is 0.500. The third-order valence-corrected chi connectivity index (χ3v) is 2.93. The zero-order valence-corrected chi connectivity index (χ0v) is 10.5. The number of para-hydroxylation sites is 1. The van der Waals surface area contributed by atoms with E-state index in [0.717, 1.165) is 24.4 Å². The molecule has 1 fully saturated rings. The number of hydrogen-bond acceptors (Lipinski definition) is 4. The number of nitrogens with one attached hydrogen (secondary N) is 2. The van der Waals surface area contributed by atoms with E-state index in [2.05, 4.69) is 10.6 Å². The molecule has 0 amide bonds. The monoisotopic (exact) mass is 256 g/mol. The van der Waals surface area contributed by atoms with Gasteiger partial charge in [0, 0.05) is 18.7 Å². The predicted molar refractivity (Wildman–Crippen MR) is 67.2 cm³/mol. The third-order valence-electron chi connectivity index (χ3n) is 2.65. The second kappa shape index (κ2) is 6.21. The van der Waals surface area contributed by atoms with Crippen LogP contribution in [0.3, 0.4) is 0 Å². The van der Waals surface area contributed by atoms with Crippen molar-refractivity contribution in [2.75, 3.05) is 20.2 Å². The maximum absolute atomic E-state index is 5.97. The molecule has 1 aliphatic heterocycles. The number of ether oxygens (including phenoxy) is 2. The van der Waals surface area contributed by atoms with E-state index >= 15 is 0 Å². The van der Waals surface area contributed by atoms with Crippen LogP contribution in [-0.2, 0) is 11.3 Å². The SMILES string of the molecule is COc1ccccc1COC1CNCC(Cl)N1. The zero-order chi connectivity index (χ0) is 12.1. The van der Waals surface area contributed by atoms with E-state index in [9.17, 15) is 0 Å². The molecule has 1 saturated heterocycles. The summed E-state index contributed by atoms with van der Waals surface area (Å²) in [6.45, 7) is 2.03. The van der Waals surface area contributed by atoms with Crippen LogP contribution in [0.15, 0.2) is 24.3 Å². The average Bonchev–Trinajstić information content (AvgIpc) is 2.37. The molecule has 0 radical (unpaired) electrons. The number of hydrogen-bond donors (Lipinski definition) is 2. The standard InChI is InChI=1S/C12H17ClN2O2/c1-16-10-5-3-2-4-9(10)8-17-12-7-14-6-11(13)15-12/h2-5,11-12,14-15H,6-8H2,1H3. The molecule has 0 spiro atoms. The Hall–Kier alpha value is -0.810. The summed E-state index contributed by atoms with van der Waals surface area (Å²) in [5.41, 5.74) is 0.958. The summed E-state index contributed by atoms with van der Waals surface area (Å²) in [6.07, 6.45) is -0.0591. The molecule has 2 rings (SSSR count). The Morgan fingerprint density at radius 3 is 2.94 bits per heavy atom. The first kappa shape index (κ1) is 12.6. The van der Waals surface area contributed by atoms with Crippen LogP contribution in [0.2, 0.25) is 0 Å². The van der Waals surface area contributed by atoms with Crippen LogP contribution in [0.4, 0.5) is 0 Å². The van der Waals surface area contributed by atoms with Gasteiger partial charge in [-0.15, -0.1) is 11.6 Å². The summed E-state index contributed by atoms with van der Waals surface area (Å²) >= 11 is 5.97. The fourth-order valence-electron chi connectivity index (χ4n) is 1.78.